The minimum atomic E-state index is 0. The van der Waals surface area contributed by atoms with E-state index in [4.69, 9.17) is 5.73 Å². The van der Waals surface area contributed by atoms with Crippen molar-refractivity contribution in [3.8, 4) is 0 Å². The van der Waals surface area contributed by atoms with Crippen LogP contribution in [0.4, 0.5) is 0 Å². The molecule has 118 valence electrons. The molecule has 1 saturated carbocycles. The molecule has 1 aliphatic carbocycles. The van der Waals surface area contributed by atoms with Crippen LogP contribution in [0, 0.1) is 5.92 Å². The van der Waals surface area contributed by atoms with Crippen molar-refractivity contribution < 1.29 is 4.79 Å². The highest BCUT2D eigenvalue weighted by atomic mass is 35.5. The first kappa shape index (κ1) is 18.0. The van der Waals surface area contributed by atoms with E-state index in [1.165, 1.54) is 11.1 Å². The second-order valence-electron chi connectivity index (χ2n) is 5.83. The number of aryl methyl sites for hydroxylation is 1. The monoisotopic (exact) mass is 310 g/mol. The molecule has 2 atom stereocenters. The van der Waals surface area contributed by atoms with Gasteiger partial charge in [-0.1, -0.05) is 37.6 Å². The Balaban J connectivity index is 0.00000220. The smallest absolute Gasteiger partial charge is 0.223 e. The maximum atomic E-state index is 12.1. The molecule has 1 aromatic carbocycles. The lowest BCUT2D eigenvalue weighted by Crippen LogP contribution is -2.38. The minimum absolute atomic E-state index is 0. The summed E-state index contributed by atoms with van der Waals surface area (Å²) < 4.78 is 0. The van der Waals surface area contributed by atoms with E-state index in [-0.39, 0.29) is 30.3 Å². The molecule has 1 aromatic rings. The zero-order valence-electron chi connectivity index (χ0n) is 12.8. The molecule has 0 bridgehead atoms. The summed E-state index contributed by atoms with van der Waals surface area (Å²) in [7, 11) is 0. The Labute approximate surface area is 134 Å². The van der Waals surface area contributed by atoms with Gasteiger partial charge in [-0.3, -0.25) is 4.79 Å². The third kappa shape index (κ3) is 5.68. The lowest BCUT2D eigenvalue weighted by Gasteiger charge is -2.25. The number of amides is 1. The Morgan fingerprint density at radius 1 is 1.24 bits per heavy atom. The highest BCUT2D eigenvalue weighted by Gasteiger charge is 2.24. The molecule has 4 heteroatoms. The molecule has 0 heterocycles. The van der Waals surface area contributed by atoms with E-state index in [0.717, 1.165) is 45.1 Å². The van der Waals surface area contributed by atoms with Gasteiger partial charge in [0.2, 0.25) is 5.91 Å². The molecule has 3 N–H and O–H groups in total. The van der Waals surface area contributed by atoms with Gasteiger partial charge in [-0.2, -0.15) is 0 Å². The van der Waals surface area contributed by atoms with Crippen LogP contribution in [-0.2, 0) is 17.6 Å². The number of hydrogen-bond acceptors (Lipinski definition) is 2. The predicted octanol–water partition coefficient (Wildman–Crippen LogP) is 2.85. The van der Waals surface area contributed by atoms with Gasteiger partial charge in [0, 0.05) is 18.5 Å². The molecule has 2 rings (SSSR count). The van der Waals surface area contributed by atoms with E-state index in [9.17, 15) is 4.79 Å². The zero-order chi connectivity index (χ0) is 14.4. The Morgan fingerprint density at radius 3 is 2.52 bits per heavy atom. The van der Waals surface area contributed by atoms with Crippen LogP contribution in [-0.4, -0.2) is 18.5 Å². The molecule has 1 fully saturated rings. The van der Waals surface area contributed by atoms with Crippen LogP contribution in [0.1, 0.15) is 43.7 Å². The summed E-state index contributed by atoms with van der Waals surface area (Å²) in [5, 5.41) is 3.06. The highest BCUT2D eigenvalue weighted by Crippen LogP contribution is 2.23. The molecule has 0 spiro atoms. The highest BCUT2D eigenvalue weighted by molar-refractivity contribution is 5.85. The van der Waals surface area contributed by atoms with Crippen LogP contribution in [0.2, 0.25) is 0 Å². The Hall–Kier alpha value is -1.06. The van der Waals surface area contributed by atoms with Gasteiger partial charge in [0.1, 0.15) is 0 Å². The molecular weight excluding hydrogens is 284 g/mol. The van der Waals surface area contributed by atoms with Crippen LogP contribution in [0.15, 0.2) is 24.3 Å². The molecule has 0 aromatic heterocycles. The number of carbonyl (C=O) groups excluding carboxylic acids is 1. The maximum absolute atomic E-state index is 12.1. The van der Waals surface area contributed by atoms with Gasteiger partial charge in [0.25, 0.3) is 0 Å². The summed E-state index contributed by atoms with van der Waals surface area (Å²) in [4.78, 5) is 12.1. The quantitative estimate of drug-likeness (QED) is 0.878. The van der Waals surface area contributed by atoms with Gasteiger partial charge >= 0.3 is 0 Å². The number of carbonyl (C=O) groups is 1. The van der Waals surface area contributed by atoms with Crippen molar-refractivity contribution in [2.75, 3.05) is 6.54 Å². The summed E-state index contributed by atoms with van der Waals surface area (Å²) >= 11 is 0. The number of nitrogens with one attached hydrogen (secondary N) is 1. The van der Waals surface area contributed by atoms with Crippen LogP contribution in [0.25, 0.3) is 0 Å². The van der Waals surface area contributed by atoms with E-state index >= 15 is 0 Å². The normalized spacial score (nSPS) is 21.4. The van der Waals surface area contributed by atoms with E-state index in [0.29, 0.717) is 0 Å². The van der Waals surface area contributed by atoms with Gasteiger partial charge in [0.05, 0.1) is 0 Å². The Kier molecular flexibility index (Phi) is 7.76. The average molecular weight is 311 g/mol. The second-order valence-corrected chi connectivity index (χ2v) is 5.83. The van der Waals surface area contributed by atoms with Crippen LogP contribution in [0.3, 0.4) is 0 Å². The predicted molar refractivity (Wildman–Crippen MR) is 89.7 cm³/mol. The summed E-state index contributed by atoms with van der Waals surface area (Å²) in [6.45, 7) is 2.88. The summed E-state index contributed by atoms with van der Waals surface area (Å²) in [6.07, 6.45) is 5.94. The molecule has 1 amide bonds. The lowest BCUT2D eigenvalue weighted by atomic mass is 9.85. The fourth-order valence-corrected chi connectivity index (χ4v) is 2.88. The van der Waals surface area contributed by atoms with Crippen molar-refractivity contribution in [2.45, 2.75) is 51.5 Å². The fraction of sp³-hybridized carbons (Fsp3) is 0.588. The van der Waals surface area contributed by atoms with Gasteiger partial charge in [-0.05, 0) is 43.2 Å². The first-order valence-corrected chi connectivity index (χ1v) is 7.80. The van der Waals surface area contributed by atoms with E-state index in [2.05, 4.69) is 36.5 Å². The molecule has 0 aliphatic heterocycles. The van der Waals surface area contributed by atoms with Crippen molar-refractivity contribution in [1.29, 1.82) is 0 Å². The molecule has 21 heavy (non-hydrogen) atoms. The molecular formula is C17H27ClN2O. The van der Waals surface area contributed by atoms with Gasteiger partial charge < -0.3 is 11.1 Å². The molecule has 0 radical (unpaired) electrons. The van der Waals surface area contributed by atoms with Gasteiger partial charge in [-0.25, -0.2) is 0 Å². The molecule has 1 aliphatic rings. The lowest BCUT2D eigenvalue weighted by molar-refractivity contribution is -0.126. The third-order valence-corrected chi connectivity index (χ3v) is 4.23. The molecule has 3 nitrogen and oxygen atoms in total. The number of benzene rings is 1. The molecule has 2 unspecified atom stereocenters. The third-order valence-electron chi connectivity index (χ3n) is 4.23. The maximum Gasteiger partial charge on any atom is 0.223 e. The van der Waals surface area contributed by atoms with E-state index < -0.39 is 0 Å². The number of hydrogen-bond donors (Lipinski definition) is 2. The van der Waals surface area contributed by atoms with Crippen molar-refractivity contribution >= 4 is 18.3 Å². The van der Waals surface area contributed by atoms with E-state index in [1.807, 2.05) is 0 Å². The zero-order valence-corrected chi connectivity index (χ0v) is 13.6. The average Bonchev–Trinajstić information content (AvgIpc) is 2.48. The van der Waals surface area contributed by atoms with Crippen molar-refractivity contribution in [3.63, 3.8) is 0 Å². The largest absolute Gasteiger partial charge is 0.356 e. The van der Waals surface area contributed by atoms with Crippen LogP contribution in [0.5, 0.6) is 0 Å². The number of rotatable bonds is 5. The van der Waals surface area contributed by atoms with Crippen molar-refractivity contribution in [2.24, 2.45) is 11.7 Å². The summed E-state index contributed by atoms with van der Waals surface area (Å²) in [5.74, 6) is 0.312. The van der Waals surface area contributed by atoms with Crippen molar-refractivity contribution in [3.05, 3.63) is 35.4 Å². The Morgan fingerprint density at radius 2 is 1.90 bits per heavy atom. The second kappa shape index (κ2) is 9.06. The standard InChI is InChI=1S/C17H26N2O.ClH/c1-2-13-6-8-14(9-7-13)10-11-19-17(20)15-4-3-5-16(18)12-15;/h6-9,15-16H,2-5,10-12,18H2,1H3,(H,19,20);1H. The first-order chi connectivity index (χ1) is 9.69. The molecule has 0 saturated heterocycles. The number of nitrogens with two attached hydrogens (primary N) is 1. The van der Waals surface area contributed by atoms with E-state index in [1.54, 1.807) is 0 Å². The van der Waals surface area contributed by atoms with Crippen molar-refractivity contribution in [1.82, 2.24) is 5.32 Å². The topological polar surface area (TPSA) is 55.1 Å². The SMILES string of the molecule is CCc1ccc(CCNC(=O)C2CCCC(N)C2)cc1.Cl. The van der Waals surface area contributed by atoms with Gasteiger partial charge in [0.15, 0.2) is 0 Å². The van der Waals surface area contributed by atoms with Crippen LogP contribution < -0.4 is 11.1 Å². The Bertz CT molecular complexity index is 433. The van der Waals surface area contributed by atoms with Crippen LogP contribution >= 0.6 is 12.4 Å². The minimum Gasteiger partial charge on any atom is -0.356 e. The fourth-order valence-electron chi connectivity index (χ4n) is 2.88. The first-order valence-electron chi connectivity index (χ1n) is 7.80. The number of halogens is 1. The van der Waals surface area contributed by atoms with Gasteiger partial charge in [-0.15, -0.1) is 12.4 Å². The summed E-state index contributed by atoms with van der Waals surface area (Å²) in [5.41, 5.74) is 8.57. The summed E-state index contributed by atoms with van der Waals surface area (Å²) in [6, 6.07) is 8.85.